The Kier molecular flexibility index (Phi) is 3.53. The fourth-order valence-electron chi connectivity index (χ4n) is 2.16. The maximum absolute atomic E-state index is 9.77. The second kappa shape index (κ2) is 4.24. The smallest absolute Gasteiger partial charge is 0.0593 e. The summed E-state index contributed by atoms with van der Waals surface area (Å²) in [6.45, 7) is 2.40. The highest BCUT2D eigenvalue weighted by Gasteiger charge is 2.34. The fourth-order valence-corrected chi connectivity index (χ4v) is 2.16. The normalized spacial score (nSPS) is 36.8. The Hall–Kier alpha value is -0.0800. The molecular formula is C10H20O2. The molecule has 2 nitrogen and oxygen atoms in total. The second-order valence-electron chi connectivity index (χ2n) is 4.24. The van der Waals surface area contributed by atoms with Crippen molar-refractivity contribution >= 4 is 0 Å². The van der Waals surface area contributed by atoms with Gasteiger partial charge in [0.15, 0.2) is 0 Å². The van der Waals surface area contributed by atoms with E-state index in [0.717, 1.165) is 32.1 Å². The van der Waals surface area contributed by atoms with E-state index in [0.29, 0.717) is 0 Å². The lowest BCUT2D eigenvalue weighted by molar-refractivity contribution is -0.00856. The summed E-state index contributed by atoms with van der Waals surface area (Å²) in [7, 11) is 0. The standard InChI is InChI=1S/C10H20O2/c1-10(7-4-8-11)6-3-2-5-9(10)12/h9,11-12H,2-8H2,1H3/t9?,10-/m0/s1. The molecular weight excluding hydrogens is 152 g/mol. The van der Waals surface area contributed by atoms with E-state index in [4.69, 9.17) is 5.11 Å². The third-order valence-corrected chi connectivity index (χ3v) is 3.19. The van der Waals surface area contributed by atoms with Crippen molar-refractivity contribution in [3.63, 3.8) is 0 Å². The molecule has 1 fully saturated rings. The van der Waals surface area contributed by atoms with Crippen LogP contribution in [0.3, 0.4) is 0 Å². The first-order valence-electron chi connectivity index (χ1n) is 4.98. The van der Waals surface area contributed by atoms with Gasteiger partial charge in [-0.05, 0) is 31.1 Å². The van der Waals surface area contributed by atoms with Gasteiger partial charge in [0.05, 0.1) is 6.10 Å². The minimum atomic E-state index is -0.141. The summed E-state index contributed by atoms with van der Waals surface area (Å²) in [5.41, 5.74) is 0.0843. The lowest BCUT2D eigenvalue weighted by Crippen LogP contribution is -2.35. The quantitative estimate of drug-likeness (QED) is 0.680. The molecule has 72 valence electrons. The number of rotatable bonds is 3. The van der Waals surface area contributed by atoms with Gasteiger partial charge in [-0.1, -0.05) is 19.8 Å². The van der Waals surface area contributed by atoms with Crippen molar-refractivity contribution < 1.29 is 10.2 Å². The zero-order valence-corrected chi connectivity index (χ0v) is 7.92. The molecule has 0 aliphatic heterocycles. The molecule has 12 heavy (non-hydrogen) atoms. The first-order chi connectivity index (χ1) is 5.69. The molecule has 0 aromatic rings. The lowest BCUT2D eigenvalue weighted by Gasteiger charge is -2.38. The molecule has 1 aliphatic rings. The first-order valence-corrected chi connectivity index (χ1v) is 4.98. The van der Waals surface area contributed by atoms with Crippen molar-refractivity contribution in [2.24, 2.45) is 5.41 Å². The van der Waals surface area contributed by atoms with Crippen molar-refractivity contribution in [1.82, 2.24) is 0 Å². The minimum absolute atomic E-state index is 0.0843. The molecule has 0 radical (unpaired) electrons. The Labute approximate surface area is 74.6 Å². The van der Waals surface area contributed by atoms with E-state index in [1.165, 1.54) is 6.42 Å². The summed E-state index contributed by atoms with van der Waals surface area (Å²) in [4.78, 5) is 0. The monoisotopic (exact) mass is 172 g/mol. The third kappa shape index (κ3) is 2.20. The Morgan fingerprint density at radius 1 is 1.42 bits per heavy atom. The van der Waals surface area contributed by atoms with Crippen LogP contribution >= 0.6 is 0 Å². The highest BCUT2D eigenvalue weighted by Crippen LogP contribution is 2.39. The zero-order valence-electron chi connectivity index (χ0n) is 7.92. The van der Waals surface area contributed by atoms with Gasteiger partial charge in [0.2, 0.25) is 0 Å². The van der Waals surface area contributed by atoms with Gasteiger partial charge in [-0.15, -0.1) is 0 Å². The maximum atomic E-state index is 9.77. The lowest BCUT2D eigenvalue weighted by atomic mass is 9.71. The molecule has 0 amide bonds. The second-order valence-corrected chi connectivity index (χ2v) is 4.24. The van der Waals surface area contributed by atoms with Crippen molar-refractivity contribution in [2.75, 3.05) is 6.61 Å². The summed E-state index contributed by atoms with van der Waals surface area (Å²) in [6.07, 6.45) is 6.11. The SMILES string of the molecule is C[C@@]1(CCCO)CCCCC1O. The molecule has 0 aromatic heterocycles. The third-order valence-electron chi connectivity index (χ3n) is 3.19. The average molecular weight is 172 g/mol. The van der Waals surface area contributed by atoms with Gasteiger partial charge in [-0.25, -0.2) is 0 Å². The Bertz CT molecular complexity index is 136. The maximum Gasteiger partial charge on any atom is 0.0593 e. The van der Waals surface area contributed by atoms with E-state index >= 15 is 0 Å². The van der Waals surface area contributed by atoms with Gasteiger partial charge in [-0.2, -0.15) is 0 Å². The van der Waals surface area contributed by atoms with Gasteiger partial charge in [0.1, 0.15) is 0 Å². The van der Waals surface area contributed by atoms with Crippen LogP contribution in [0.5, 0.6) is 0 Å². The van der Waals surface area contributed by atoms with Gasteiger partial charge >= 0.3 is 0 Å². The van der Waals surface area contributed by atoms with Gasteiger partial charge in [-0.3, -0.25) is 0 Å². The average Bonchev–Trinajstić information content (AvgIpc) is 2.07. The van der Waals surface area contributed by atoms with Crippen molar-refractivity contribution in [1.29, 1.82) is 0 Å². The van der Waals surface area contributed by atoms with Crippen LogP contribution in [0.25, 0.3) is 0 Å². The van der Waals surface area contributed by atoms with Crippen molar-refractivity contribution in [2.45, 2.75) is 51.6 Å². The Morgan fingerprint density at radius 3 is 2.75 bits per heavy atom. The van der Waals surface area contributed by atoms with Crippen LogP contribution < -0.4 is 0 Å². The predicted octanol–water partition coefficient (Wildman–Crippen LogP) is 1.70. The van der Waals surface area contributed by atoms with E-state index < -0.39 is 0 Å². The van der Waals surface area contributed by atoms with Crippen LogP contribution in [0.1, 0.15) is 45.4 Å². The molecule has 0 spiro atoms. The molecule has 1 rings (SSSR count). The number of aliphatic hydroxyl groups excluding tert-OH is 2. The molecule has 0 heterocycles. The first kappa shape index (κ1) is 10.0. The number of hydrogen-bond acceptors (Lipinski definition) is 2. The molecule has 0 bridgehead atoms. The Balaban J connectivity index is 2.42. The molecule has 1 aliphatic carbocycles. The highest BCUT2D eigenvalue weighted by atomic mass is 16.3. The number of aliphatic hydroxyl groups is 2. The highest BCUT2D eigenvalue weighted by molar-refractivity contribution is 4.85. The molecule has 2 atom stereocenters. The van der Waals surface area contributed by atoms with Crippen LogP contribution in [0.2, 0.25) is 0 Å². The molecule has 1 unspecified atom stereocenters. The molecule has 0 aromatic carbocycles. The van der Waals surface area contributed by atoms with E-state index in [1.807, 2.05) is 0 Å². The van der Waals surface area contributed by atoms with E-state index in [9.17, 15) is 5.11 Å². The Morgan fingerprint density at radius 2 is 2.17 bits per heavy atom. The van der Waals surface area contributed by atoms with E-state index in [1.54, 1.807) is 0 Å². The van der Waals surface area contributed by atoms with E-state index in [2.05, 4.69) is 6.92 Å². The minimum Gasteiger partial charge on any atom is -0.396 e. The van der Waals surface area contributed by atoms with Gasteiger partial charge in [0.25, 0.3) is 0 Å². The molecule has 2 heteroatoms. The fraction of sp³-hybridized carbons (Fsp3) is 1.00. The predicted molar refractivity (Wildman–Crippen MR) is 48.9 cm³/mol. The molecule has 1 saturated carbocycles. The number of hydrogen-bond donors (Lipinski definition) is 2. The summed E-state index contributed by atoms with van der Waals surface area (Å²) in [5, 5.41) is 18.5. The summed E-state index contributed by atoms with van der Waals surface area (Å²) in [6, 6.07) is 0. The van der Waals surface area contributed by atoms with Crippen LogP contribution in [0.15, 0.2) is 0 Å². The van der Waals surface area contributed by atoms with Crippen LogP contribution in [0.4, 0.5) is 0 Å². The van der Waals surface area contributed by atoms with Crippen molar-refractivity contribution in [3.8, 4) is 0 Å². The summed E-state index contributed by atoms with van der Waals surface area (Å²) >= 11 is 0. The topological polar surface area (TPSA) is 40.5 Å². The van der Waals surface area contributed by atoms with Crippen LogP contribution in [-0.2, 0) is 0 Å². The molecule has 2 N–H and O–H groups in total. The van der Waals surface area contributed by atoms with E-state index in [-0.39, 0.29) is 18.1 Å². The van der Waals surface area contributed by atoms with Gasteiger partial charge < -0.3 is 10.2 Å². The largest absolute Gasteiger partial charge is 0.396 e. The van der Waals surface area contributed by atoms with Crippen LogP contribution in [0, 0.1) is 5.41 Å². The van der Waals surface area contributed by atoms with Crippen molar-refractivity contribution in [3.05, 3.63) is 0 Å². The summed E-state index contributed by atoms with van der Waals surface area (Å²) < 4.78 is 0. The summed E-state index contributed by atoms with van der Waals surface area (Å²) in [5.74, 6) is 0. The van der Waals surface area contributed by atoms with Crippen LogP contribution in [-0.4, -0.2) is 22.9 Å². The molecule has 0 saturated heterocycles. The van der Waals surface area contributed by atoms with Gasteiger partial charge in [0, 0.05) is 6.61 Å². The zero-order chi connectivity index (χ0) is 9.03.